The van der Waals surface area contributed by atoms with Crippen molar-refractivity contribution in [2.45, 2.75) is 64.8 Å². The lowest BCUT2D eigenvalue weighted by Gasteiger charge is -2.55. The standard InChI is InChI=1S/C17H27N3O3/c1-3-14(21)19-20-15(22)10(2)18-16(23)17-7-11-4-12(8-17)6-13(5-11)9-17/h10-13H,3-9H2,1-2H3,(H,18,23)(H,19,21)(H,20,22). The SMILES string of the molecule is CCC(=O)NNC(=O)C(C)NC(=O)C12CC3CC(CC(C3)C1)C2. The van der Waals surface area contributed by atoms with Gasteiger partial charge in [-0.1, -0.05) is 6.92 Å². The highest BCUT2D eigenvalue weighted by atomic mass is 16.2. The van der Waals surface area contributed by atoms with Crippen LogP contribution in [0.2, 0.25) is 0 Å². The number of hydrogen-bond donors (Lipinski definition) is 3. The molecule has 0 radical (unpaired) electrons. The van der Waals surface area contributed by atoms with Crippen LogP contribution in [0.4, 0.5) is 0 Å². The molecule has 1 unspecified atom stereocenters. The molecule has 4 rings (SSSR count). The van der Waals surface area contributed by atoms with Crippen molar-refractivity contribution in [1.82, 2.24) is 16.2 Å². The van der Waals surface area contributed by atoms with E-state index in [1.54, 1.807) is 13.8 Å². The monoisotopic (exact) mass is 321 g/mol. The summed E-state index contributed by atoms with van der Waals surface area (Å²) in [6, 6.07) is -0.646. The molecule has 0 saturated heterocycles. The molecule has 6 nitrogen and oxygen atoms in total. The first-order valence-electron chi connectivity index (χ1n) is 8.81. The van der Waals surface area contributed by atoms with Crippen molar-refractivity contribution < 1.29 is 14.4 Å². The van der Waals surface area contributed by atoms with Crippen LogP contribution in [0.15, 0.2) is 0 Å². The Morgan fingerprint density at radius 2 is 1.52 bits per heavy atom. The van der Waals surface area contributed by atoms with Crippen LogP contribution in [0.1, 0.15) is 58.8 Å². The summed E-state index contributed by atoms with van der Waals surface area (Å²) in [6.45, 7) is 3.37. The molecule has 0 aromatic carbocycles. The van der Waals surface area contributed by atoms with Crippen molar-refractivity contribution in [3.05, 3.63) is 0 Å². The Hall–Kier alpha value is -1.59. The number of rotatable bonds is 4. The van der Waals surface area contributed by atoms with Crippen LogP contribution in [-0.4, -0.2) is 23.8 Å². The lowest BCUT2D eigenvalue weighted by molar-refractivity contribution is -0.148. The molecule has 0 aliphatic heterocycles. The maximum absolute atomic E-state index is 12.8. The molecule has 4 aliphatic rings. The summed E-state index contributed by atoms with van der Waals surface area (Å²) in [4.78, 5) is 36.0. The van der Waals surface area contributed by atoms with Crippen molar-refractivity contribution in [3.63, 3.8) is 0 Å². The second-order valence-corrected chi connectivity index (χ2v) is 7.78. The molecule has 3 amide bonds. The minimum absolute atomic E-state index is 0.0288. The topological polar surface area (TPSA) is 87.3 Å². The number of hydrazine groups is 1. The summed E-state index contributed by atoms with van der Waals surface area (Å²) in [5, 5.41) is 2.88. The molecule has 4 fully saturated rings. The molecule has 0 spiro atoms. The van der Waals surface area contributed by atoms with Gasteiger partial charge in [-0.2, -0.15) is 0 Å². The lowest BCUT2D eigenvalue weighted by Crippen LogP contribution is -2.57. The van der Waals surface area contributed by atoms with Crippen LogP contribution in [-0.2, 0) is 14.4 Å². The van der Waals surface area contributed by atoms with Crippen molar-refractivity contribution in [1.29, 1.82) is 0 Å². The average Bonchev–Trinajstić information content (AvgIpc) is 2.50. The quantitative estimate of drug-likeness (QED) is 0.681. The fourth-order valence-corrected chi connectivity index (χ4v) is 5.13. The van der Waals surface area contributed by atoms with Gasteiger partial charge in [-0.25, -0.2) is 0 Å². The molecular formula is C17H27N3O3. The summed E-state index contributed by atoms with van der Waals surface area (Å²) in [5.74, 6) is 1.48. The maximum Gasteiger partial charge on any atom is 0.260 e. The second-order valence-electron chi connectivity index (χ2n) is 7.78. The predicted molar refractivity (Wildman–Crippen MR) is 84.8 cm³/mol. The molecule has 3 N–H and O–H groups in total. The third-order valence-electron chi connectivity index (χ3n) is 5.91. The van der Waals surface area contributed by atoms with Gasteiger partial charge in [-0.15, -0.1) is 0 Å². The van der Waals surface area contributed by atoms with Crippen LogP contribution in [0.25, 0.3) is 0 Å². The van der Waals surface area contributed by atoms with E-state index in [0.29, 0.717) is 24.2 Å². The van der Waals surface area contributed by atoms with Crippen molar-refractivity contribution in [2.24, 2.45) is 23.2 Å². The highest BCUT2D eigenvalue weighted by Gasteiger charge is 2.54. The summed E-state index contributed by atoms with van der Waals surface area (Å²) in [7, 11) is 0. The zero-order chi connectivity index (χ0) is 16.6. The molecule has 4 bridgehead atoms. The van der Waals surface area contributed by atoms with E-state index in [9.17, 15) is 14.4 Å². The van der Waals surface area contributed by atoms with Crippen LogP contribution >= 0.6 is 0 Å². The zero-order valence-electron chi connectivity index (χ0n) is 14.0. The highest BCUT2D eigenvalue weighted by molar-refractivity contribution is 5.91. The van der Waals surface area contributed by atoms with Gasteiger partial charge in [0.05, 0.1) is 0 Å². The van der Waals surface area contributed by atoms with Crippen molar-refractivity contribution >= 4 is 17.7 Å². The van der Waals surface area contributed by atoms with Crippen molar-refractivity contribution in [2.75, 3.05) is 0 Å². The van der Waals surface area contributed by atoms with E-state index < -0.39 is 6.04 Å². The number of carbonyl (C=O) groups is 3. The van der Waals surface area contributed by atoms with E-state index in [1.807, 2.05) is 0 Å². The van der Waals surface area contributed by atoms with E-state index in [-0.39, 0.29) is 23.1 Å². The summed E-state index contributed by atoms with van der Waals surface area (Å²) in [5.41, 5.74) is 4.44. The molecule has 1 atom stereocenters. The first-order chi connectivity index (χ1) is 10.9. The van der Waals surface area contributed by atoms with E-state index in [4.69, 9.17) is 0 Å². The Bertz CT molecular complexity index is 482. The fraction of sp³-hybridized carbons (Fsp3) is 0.824. The van der Waals surface area contributed by atoms with Crippen LogP contribution in [0.3, 0.4) is 0 Å². The largest absolute Gasteiger partial charge is 0.344 e. The highest BCUT2D eigenvalue weighted by Crippen LogP contribution is 2.60. The maximum atomic E-state index is 12.8. The summed E-state index contributed by atoms with van der Waals surface area (Å²) in [6.07, 6.45) is 7.08. The van der Waals surface area contributed by atoms with Gasteiger partial charge in [0.25, 0.3) is 5.91 Å². The number of hydrogen-bond acceptors (Lipinski definition) is 3. The Morgan fingerprint density at radius 3 is 2.00 bits per heavy atom. The Kier molecular flexibility index (Phi) is 4.34. The minimum atomic E-state index is -0.646. The van der Waals surface area contributed by atoms with Gasteiger partial charge >= 0.3 is 0 Å². The van der Waals surface area contributed by atoms with Gasteiger partial charge in [0, 0.05) is 11.8 Å². The molecule has 0 heterocycles. The van der Waals surface area contributed by atoms with E-state index in [2.05, 4.69) is 16.2 Å². The van der Waals surface area contributed by atoms with E-state index >= 15 is 0 Å². The summed E-state index contributed by atoms with van der Waals surface area (Å²) >= 11 is 0. The van der Waals surface area contributed by atoms with Gasteiger partial charge in [-0.3, -0.25) is 25.2 Å². The fourth-order valence-electron chi connectivity index (χ4n) is 5.13. The first kappa shape index (κ1) is 16.3. The van der Waals surface area contributed by atoms with Crippen LogP contribution < -0.4 is 16.2 Å². The molecular weight excluding hydrogens is 294 g/mol. The van der Waals surface area contributed by atoms with Gasteiger partial charge in [0.1, 0.15) is 6.04 Å². The van der Waals surface area contributed by atoms with Gasteiger partial charge in [0.15, 0.2) is 0 Å². The number of nitrogens with one attached hydrogen (secondary N) is 3. The third-order valence-corrected chi connectivity index (χ3v) is 5.91. The molecule has 128 valence electrons. The smallest absolute Gasteiger partial charge is 0.260 e. The van der Waals surface area contributed by atoms with Gasteiger partial charge < -0.3 is 5.32 Å². The molecule has 4 saturated carbocycles. The minimum Gasteiger partial charge on any atom is -0.344 e. The normalized spacial score (nSPS) is 35.5. The Labute approximate surface area is 137 Å². The molecule has 0 aromatic heterocycles. The number of amides is 3. The van der Waals surface area contributed by atoms with E-state index in [0.717, 1.165) is 19.3 Å². The van der Waals surface area contributed by atoms with Crippen LogP contribution in [0, 0.1) is 23.2 Å². The predicted octanol–water partition coefficient (Wildman–Crippen LogP) is 1.26. The van der Waals surface area contributed by atoms with Gasteiger partial charge in [0.2, 0.25) is 11.8 Å². The van der Waals surface area contributed by atoms with Crippen molar-refractivity contribution in [3.8, 4) is 0 Å². The lowest BCUT2D eigenvalue weighted by atomic mass is 9.49. The molecule has 4 aliphatic carbocycles. The molecule has 0 aromatic rings. The summed E-state index contributed by atoms with van der Waals surface area (Å²) < 4.78 is 0. The third kappa shape index (κ3) is 3.21. The zero-order valence-corrected chi connectivity index (χ0v) is 14.0. The second kappa shape index (κ2) is 6.13. The molecule has 6 heteroatoms. The number of carbonyl (C=O) groups excluding carboxylic acids is 3. The van der Waals surface area contributed by atoms with Gasteiger partial charge in [-0.05, 0) is 63.2 Å². The molecule has 23 heavy (non-hydrogen) atoms. The van der Waals surface area contributed by atoms with Crippen LogP contribution in [0.5, 0.6) is 0 Å². The first-order valence-corrected chi connectivity index (χ1v) is 8.81. The van der Waals surface area contributed by atoms with E-state index in [1.165, 1.54) is 19.3 Å². The Balaban J connectivity index is 1.56. The average molecular weight is 321 g/mol. The Morgan fingerprint density at radius 1 is 1.00 bits per heavy atom.